The van der Waals surface area contributed by atoms with Gasteiger partial charge < -0.3 is 10.2 Å². The number of rotatable bonds is 5. The van der Waals surface area contributed by atoms with Crippen LogP contribution in [-0.2, 0) is 6.54 Å². The maximum atomic E-state index is 4.56. The summed E-state index contributed by atoms with van der Waals surface area (Å²) >= 11 is 0. The first kappa shape index (κ1) is 15.3. The molecule has 0 radical (unpaired) electrons. The molecule has 1 aromatic rings. The molecule has 0 aromatic carbocycles. The van der Waals surface area contributed by atoms with Gasteiger partial charge >= 0.3 is 0 Å². The van der Waals surface area contributed by atoms with E-state index >= 15 is 0 Å². The van der Waals surface area contributed by atoms with Gasteiger partial charge in [0.2, 0.25) is 0 Å². The number of aromatic nitrogens is 1. The number of likely N-dealkylation sites (N-methyl/N-ethyl adjacent to an activating group) is 1. The molecule has 1 fully saturated rings. The molecule has 2 atom stereocenters. The zero-order valence-electron chi connectivity index (χ0n) is 13.3. The van der Waals surface area contributed by atoms with Gasteiger partial charge in [-0.1, -0.05) is 6.92 Å². The Morgan fingerprint density at radius 1 is 1.30 bits per heavy atom. The Bertz CT molecular complexity index is 409. The summed E-state index contributed by atoms with van der Waals surface area (Å²) in [6.45, 7) is 10.9. The van der Waals surface area contributed by atoms with Crippen molar-refractivity contribution in [1.82, 2.24) is 15.2 Å². The van der Waals surface area contributed by atoms with E-state index < -0.39 is 0 Å². The van der Waals surface area contributed by atoms with Gasteiger partial charge in [0.1, 0.15) is 5.82 Å². The minimum Gasteiger partial charge on any atom is -0.353 e. The van der Waals surface area contributed by atoms with E-state index in [-0.39, 0.29) is 0 Å². The second kappa shape index (κ2) is 7.04. The molecular formula is C16H28N4. The van der Waals surface area contributed by atoms with Crippen LogP contribution in [0.4, 0.5) is 5.82 Å². The molecule has 2 heterocycles. The van der Waals surface area contributed by atoms with Gasteiger partial charge in [0, 0.05) is 37.9 Å². The molecule has 0 saturated carbocycles. The monoisotopic (exact) mass is 276 g/mol. The van der Waals surface area contributed by atoms with Gasteiger partial charge in [0.05, 0.1) is 0 Å². The first-order valence-electron chi connectivity index (χ1n) is 7.74. The van der Waals surface area contributed by atoms with Gasteiger partial charge in [-0.2, -0.15) is 0 Å². The molecule has 4 heteroatoms. The van der Waals surface area contributed by atoms with E-state index in [0.29, 0.717) is 12.1 Å². The topological polar surface area (TPSA) is 31.4 Å². The van der Waals surface area contributed by atoms with Gasteiger partial charge in [0.15, 0.2) is 0 Å². The van der Waals surface area contributed by atoms with Crippen molar-refractivity contribution in [2.75, 3.05) is 31.6 Å². The summed E-state index contributed by atoms with van der Waals surface area (Å²) in [4.78, 5) is 9.43. The lowest BCUT2D eigenvalue weighted by Crippen LogP contribution is -2.55. The van der Waals surface area contributed by atoms with Crippen LogP contribution in [0.5, 0.6) is 0 Å². The molecule has 1 aliphatic heterocycles. The SMILES string of the molecule is CCCNCc1ccnc(N2CC(C)N(C)C(C)C2)c1. The zero-order valence-corrected chi connectivity index (χ0v) is 13.3. The molecule has 1 saturated heterocycles. The highest BCUT2D eigenvalue weighted by Crippen LogP contribution is 2.20. The molecule has 1 N–H and O–H groups in total. The van der Waals surface area contributed by atoms with E-state index in [1.165, 1.54) is 12.0 Å². The highest BCUT2D eigenvalue weighted by Gasteiger charge is 2.27. The third kappa shape index (κ3) is 3.70. The fourth-order valence-corrected chi connectivity index (χ4v) is 2.74. The van der Waals surface area contributed by atoms with Gasteiger partial charge in [0.25, 0.3) is 0 Å². The van der Waals surface area contributed by atoms with Gasteiger partial charge in [-0.25, -0.2) is 4.98 Å². The molecule has 0 bridgehead atoms. The fraction of sp³-hybridized carbons (Fsp3) is 0.688. The summed E-state index contributed by atoms with van der Waals surface area (Å²) in [6.07, 6.45) is 3.11. The largest absolute Gasteiger partial charge is 0.353 e. The van der Waals surface area contributed by atoms with Crippen molar-refractivity contribution in [3.8, 4) is 0 Å². The maximum Gasteiger partial charge on any atom is 0.128 e. The first-order chi connectivity index (χ1) is 9.61. The number of nitrogens with one attached hydrogen (secondary N) is 1. The summed E-state index contributed by atoms with van der Waals surface area (Å²) in [6, 6.07) is 5.48. The number of nitrogens with zero attached hydrogens (tertiary/aromatic N) is 3. The van der Waals surface area contributed by atoms with Crippen LogP contribution in [0.3, 0.4) is 0 Å². The number of anilines is 1. The van der Waals surface area contributed by atoms with Crippen LogP contribution in [-0.4, -0.2) is 48.6 Å². The lowest BCUT2D eigenvalue weighted by Gasteiger charge is -2.43. The molecule has 4 nitrogen and oxygen atoms in total. The maximum absolute atomic E-state index is 4.56. The summed E-state index contributed by atoms with van der Waals surface area (Å²) in [5, 5.41) is 3.45. The Labute approximate surface area is 123 Å². The molecule has 112 valence electrons. The predicted molar refractivity (Wildman–Crippen MR) is 85.1 cm³/mol. The number of hydrogen-bond acceptors (Lipinski definition) is 4. The number of hydrogen-bond donors (Lipinski definition) is 1. The Hall–Kier alpha value is -1.13. The van der Waals surface area contributed by atoms with Gasteiger partial charge in [-0.15, -0.1) is 0 Å². The first-order valence-corrected chi connectivity index (χ1v) is 7.74. The quantitative estimate of drug-likeness (QED) is 0.835. The van der Waals surface area contributed by atoms with E-state index in [1.807, 2.05) is 6.20 Å². The van der Waals surface area contributed by atoms with Crippen LogP contribution in [0.15, 0.2) is 18.3 Å². The minimum absolute atomic E-state index is 0.572. The second-order valence-corrected chi connectivity index (χ2v) is 5.97. The molecule has 1 aliphatic rings. The normalized spacial score (nSPS) is 24.1. The molecular weight excluding hydrogens is 248 g/mol. The van der Waals surface area contributed by atoms with Gasteiger partial charge in [-0.3, -0.25) is 4.90 Å². The van der Waals surface area contributed by atoms with E-state index in [2.05, 4.69) is 60.1 Å². The van der Waals surface area contributed by atoms with Crippen LogP contribution in [0.1, 0.15) is 32.8 Å². The molecule has 1 aromatic heterocycles. The molecule has 0 spiro atoms. The van der Waals surface area contributed by atoms with Crippen LogP contribution in [0.25, 0.3) is 0 Å². The highest BCUT2D eigenvalue weighted by molar-refractivity contribution is 5.42. The molecule has 20 heavy (non-hydrogen) atoms. The van der Waals surface area contributed by atoms with Crippen molar-refractivity contribution in [2.24, 2.45) is 0 Å². The molecule has 0 aliphatic carbocycles. The highest BCUT2D eigenvalue weighted by atomic mass is 15.3. The van der Waals surface area contributed by atoms with Crippen molar-refractivity contribution >= 4 is 5.82 Å². The van der Waals surface area contributed by atoms with Crippen molar-refractivity contribution < 1.29 is 0 Å². The van der Waals surface area contributed by atoms with E-state index in [4.69, 9.17) is 0 Å². The van der Waals surface area contributed by atoms with Gasteiger partial charge in [-0.05, 0) is 51.6 Å². The Morgan fingerprint density at radius 2 is 2.00 bits per heavy atom. The van der Waals surface area contributed by atoms with Crippen LogP contribution < -0.4 is 10.2 Å². The number of pyridine rings is 1. The van der Waals surface area contributed by atoms with Crippen molar-refractivity contribution in [1.29, 1.82) is 0 Å². The van der Waals surface area contributed by atoms with E-state index in [9.17, 15) is 0 Å². The lowest BCUT2D eigenvalue weighted by molar-refractivity contribution is 0.169. The molecule has 0 amide bonds. The standard InChI is InChI=1S/C16H28N4/c1-5-7-17-10-15-6-8-18-16(9-15)20-11-13(2)19(4)14(3)12-20/h6,8-9,13-14,17H,5,7,10-12H2,1-4H3. The van der Waals surface area contributed by atoms with Crippen LogP contribution in [0.2, 0.25) is 0 Å². The third-order valence-corrected chi connectivity index (χ3v) is 4.25. The summed E-state index contributed by atoms with van der Waals surface area (Å²) in [5.74, 6) is 1.12. The average molecular weight is 276 g/mol. The smallest absolute Gasteiger partial charge is 0.128 e. The van der Waals surface area contributed by atoms with Crippen LogP contribution in [0, 0.1) is 0 Å². The lowest BCUT2D eigenvalue weighted by atomic mass is 10.1. The Morgan fingerprint density at radius 3 is 2.65 bits per heavy atom. The van der Waals surface area contributed by atoms with E-state index in [0.717, 1.165) is 32.0 Å². The Kier molecular flexibility index (Phi) is 5.38. The minimum atomic E-state index is 0.572. The number of piperazine rings is 1. The van der Waals surface area contributed by atoms with Crippen molar-refractivity contribution in [2.45, 2.75) is 45.8 Å². The zero-order chi connectivity index (χ0) is 14.5. The second-order valence-electron chi connectivity index (χ2n) is 5.97. The van der Waals surface area contributed by atoms with Crippen molar-refractivity contribution in [3.63, 3.8) is 0 Å². The third-order valence-electron chi connectivity index (χ3n) is 4.25. The fourth-order valence-electron chi connectivity index (χ4n) is 2.74. The van der Waals surface area contributed by atoms with Crippen molar-refractivity contribution in [3.05, 3.63) is 23.9 Å². The Balaban J connectivity index is 2.03. The van der Waals surface area contributed by atoms with Crippen LogP contribution >= 0.6 is 0 Å². The summed E-state index contributed by atoms with van der Waals surface area (Å²) in [5.41, 5.74) is 1.32. The summed E-state index contributed by atoms with van der Waals surface area (Å²) in [7, 11) is 2.21. The van der Waals surface area contributed by atoms with E-state index in [1.54, 1.807) is 0 Å². The average Bonchev–Trinajstić information content (AvgIpc) is 2.45. The predicted octanol–water partition coefficient (Wildman–Crippen LogP) is 2.11. The summed E-state index contributed by atoms with van der Waals surface area (Å²) < 4.78 is 0. The molecule has 2 rings (SSSR count). The molecule has 2 unspecified atom stereocenters.